The zero-order valence-electron chi connectivity index (χ0n) is 11.8. The number of hydrogen-bond acceptors (Lipinski definition) is 3. The Bertz CT molecular complexity index is 471. The second-order valence-corrected chi connectivity index (χ2v) is 4.41. The van der Waals surface area contributed by atoms with E-state index >= 15 is 0 Å². The number of hydrogen-bond donors (Lipinski definition) is 2. The summed E-state index contributed by atoms with van der Waals surface area (Å²) in [6.07, 6.45) is 1.93. The third kappa shape index (κ3) is 5.04. The lowest BCUT2D eigenvalue weighted by molar-refractivity contribution is 0.0719. The van der Waals surface area contributed by atoms with E-state index in [2.05, 4.69) is 18.8 Å². The number of carbonyl (C=O) groups is 1. The van der Waals surface area contributed by atoms with E-state index in [0.29, 0.717) is 18.7 Å². The monoisotopic (exact) mass is 275 g/mol. The van der Waals surface area contributed by atoms with Gasteiger partial charge in [0, 0.05) is 24.2 Å². The van der Waals surface area contributed by atoms with Crippen LogP contribution in [0.1, 0.15) is 35.7 Å². The molecule has 4 heteroatoms. The number of rotatable bonds is 6. The Labute approximate surface area is 120 Å². The molecule has 108 valence electrons. The van der Waals surface area contributed by atoms with Crippen molar-refractivity contribution < 1.29 is 15.0 Å². The lowest BCUT2D eigenvalue weighted by Crippen LogP contribution is -2.34. The van der Waals surface area contributed by atoms with Crippen molar-refractivity contribution >= 4 is 5.91 Å². The fourth-order valence-corrected chi connectivity index (χ4v) is 1.80. The topological polar surface area (TPSA) is 60.8 Å². The summed E-state index contributed by atoms with van der Waals surface area (Å²) in [7, 11) is 0. The molecule has 0 aliphatic carbocycles. The van der Waals surface area contributed by atoms with Crippen molar-refractivity contribution in [2.45, 2.75) is 19.8 Å². The first kappa shape index (κ1) is 16.2. The highest BCUT2D eigenvalue weighted by molar-refractivity contribution is 5.94. The third-order valence-electron chi connectivity index (χ3n) is 2.88. The lowest BCUT2D eigenvalue weighted by atomic mass is 10.1. The Morgan fingerprint density at radius 2 is 1.90 bits per heavy atom. The molecule has 0 spiro atoms. The first-order valence-corrected chi connectivity index (χ1v) is 6.82. The van der Waals surface area contributed by atoms with E-state index in [9.17, 15) is 4.79 Å². The lowest BCUT2D eigenvalue weighted by Gasteiger charge is -2.21. The van der Waals surface area contributed by atoms with E-state index in [1.807, 2.05) is 0 Å². The number of unbranched alkanes of at least 4 members (excludes halogenated alkanes) is 1. The van der Waals surface area contributed by atoms with Crippen LogP contribution in [-0.4, -0.2) is 47.3 Å². The van der Waals surface area contributed by atoms with Crippen LogP contribution in [0.5, 0.6) is 0 Å². The molecule has 20 heavy (non-hydrogen) atoms. The van der Waals surface area contributed by atoms with Crippen molar-refractivity contribution in [3.8, 4) is 11.8 Å². The average molecular weight is 275 g/mol. The normalized spacial score (nSPS) is 9.75. The van der Waals surface area contributed by atoms with Crippen LogP contribution in [0.4, 0.5) is 0 Å². The fourth-order valence-electron chi connectivity index (χ4n) is 1.80. The second-order valence-electron chi connectivity index (χ2n) is 4.41. The first-order valence-electron chi connectivity index (χ1n) is 6.82. The van der Waals surface area contributed by atoms with Crippen molar-refractivity contribution in [1.82, 2.24) is 4.90 Å². The van der Waals surface area contributed by atoms with Gasteiger partial charge in [0.25, 0.3) is 5.91 Å². The predicted octanol–water partition coefficient (Wildman–Crippen LogP) is 1.27. The summed E-state index contributed by atoms with van der Waals surface area (Å²) in [4.78, 5) is 14.0. The molecule has 1 amide bonds. The van der Waals surface area contributed by atoms with Crippen molar-refractivity contribution in [3.05, 3.63) is 35.4 Å². The van der Waals surface area contributed by atoms with Crippen molar-refractivity contribution in [2.75, 3.05) is 26.3 Å². The van der Waals surface area contributed by atoms with Crippen molar-refractivity contribution in [3.63, 3.8) is 0 Å². The molecule has 0 aliphatic heterocycles. The molecule has 0 unspecified atom stereocenters. The van der Waals surface area contributed by atoms with E-state index in [1.165, 1.54) is 0 Å². The number of aliphatic hydroxyl groups is 2. The predicted molar refractivity (Wildman–Crippen MR) is 78.3 cm³/mol. The van der Waals surface area contributed by atoms with Gasteiger partial charge < -0.3 is 15.1 Å². The molecule has 0 radical (unpaired) electrons. The molecule has 0 saturated carbocycles. The quantitative estimate of drug-likeness (QED) is 0.769. The van der Waals surface area contributed by atoms with Gasteiger partial charge in [0.1, 0.15) is 6.61 Å². The molecule has 0 heterocycles. The smallest absolute Gasteiger partial charge is 0.253 e. The minimum atomic E-state index is -0.179. The maximum absolute atomic E-state index is 12.3. The average Bonchev–Trinajstić information content (AvgIpc) is 2.49. The fraction of sp³-hybridized carbons (Fsp3) is 0.438. The molecule has 0 saturated heterocycles. The van der Waals surface area contributed by atoms with E-state index < -0.39 is 0 Å². The van der Waals surface area contributed by atoms with Gasteiger partial charge in [-0.2, -0.15) is 0 Å². The summed E-state index contributed by atoms with van der Waals surface area (Å²) in [6, 6.07) is 6.96. The Morgan fingerprint density at radius 3 is 2.45 bits per heavy atom. The molecule has 4 nitrogen and oxygen atoms in total. The van der Waals surface area contributed by atoms with Crippen molar-refractivity contribution in [1.29, 1.82) is 0 Å². The number of aliphatic hydroxyl groups excluding tert-OH is 2. The van der Waals surface area contributed by atoms with Gasteiger partial charge in [-0.1, -0.05) is 25.2 Å². The second kappa shape index (κ2) is 9.13. The minimum absolute atomic E-state index is 0.0322. The van der Waals surface area contributed by atoms with Crippen LogP contribution in [0.2, 0.25) is 0 Å². The highest BCUT2D eigenvalue weighted by Gasteiger charge is 2.14. The molecule has 0 fully saturated rings. The third-order valence-corrected chi connectivity index (χ3v) is 2.88. The Kier molecular flexibility index (Phi) is 7.41. The summed E-state index contributed by atoms with van der Waals surface area (Å²) in [5.74, 6) is 5.27. The van der Waals surface area contributed by atoms with E-state index in [-0.39, 0.29) is 19.1 Å². The molecule has 0 bridgehead atoms. The SMILES string of the molecule is CCCCN(CCO)C(=O)c1ccc(C#CCO)cc1. The zero-order chi connectivity index (χ0) is 14.8. The Morgan fingerprint density at radius 1 is 1.20 bits per heavy atom. The van der Waals surface area contributed by atoms with Gasteiger partial charge >= 0.3 is 0 Å². The summed E-state index contributed by atoms with van der Waals surface area (Å²) >= 11 is 0. The van der Waals surface area contributed by atoms with E-state index in [0.717, 1.165) is 18.4 Å². The highest BCUT2D eigenvalue weighted by Crippen LogP contribution is 2.08. The molecular weight excluding hydrogens is 254 g/mol. The number of nitrogens with zero attached hydrogens (tertiary/aromatic N) is 1. The number of amides is 1. The largest absolute Gasteiger partial charge is 0.395 e. The van der Waals surface area contributed by atoms with Crippen LogP contribution in [0.15, 0.2) is 24.3 Å². The molecule has 1 aromatic carbocycles. The van der Waals surface area contributed by atoms with Gasteiger partial charge in [-0.25, -0.2) is 0 Å². The van der Waals surface area contributed by atoms with Gasteiger partial charge in [-0.3, -0.25) is 4.79 Å². The van der Waals surface area contributed by atoms with Gasteiger partial charge in [-0.15, -0.1) is 0 Å². The summed E-state index contributed by atoms with van der Waals surface area (Å²) in [5.41, 5.74) is 1.35. The van der Waals surface area contributed by atoms with Crippen LogP contribution in [0, 0.1) is 11.8 Å². The molecule has 1 aromatic rings. The Balaban J connectivity index is 2.77. The van der Waals surface area contributed by atoms with Crippen LogP contribution in [0.3, 0.4) is 0 Å². The molecule has 2 N–H and O–H groups in total. The van der Waals surface area contributed by atoms with Crippen LogP contribution < -0.4 is 0 Å². The highest BCUT2D eigenvalue weighted by atomic mass is 16.3. The molecule has 0 aromatic heterocycles. The summed E-state index contributed by atoms with van der Waals surface area (Å²) in [6.45, 7) is 2.86. The summed E-state index contributed by atoms with van der Waals surface area (Å²) in [5, 5.41) is 17.7. The first-order chi connectivity index (χ1) is 9.72. The standard InChI is InChI=1S/C16H21NO3/c1-2-3-10-17(11-13-19)16(20)15-8-6-14(7-9-15)5-4-12-18/h6-9,18-19H,2-3,10-13H2,1H3. The van der Waals surface area contributed by atoms with Crippen molar-refractivity contribution in [2.24, 2.45) is 0 Å². The van der Waals surface area contributed by atoms with Gasteiger partial charge in [0.05, 0.1) is 6.61 Å². The van der Waals surface area contributed by atoms with E-state index in [1.54, 1.807) is 29.2 Å². The summed E-state index contributed by atoms with van der Waals surface area (Å²) < 4.78 is 0. The number of carbonyl (C=O) groups excluding carboxylic acids is 1. The maximum Gasteiger partial charge on any atom is 0.253 e. The molecule has 1 rings (SSSR count). The van der Waals surface area contributed by atoms with Gasteiger partial charge in [0.15, 0.2) is 0 Å². The zero-order valence-corrected chi connectivity index (χ0v) is 11.8. The molecular formula is C16H21NO3. The van der Waals surface area contributed by atoms with E-state index in [4.69, 9.17) is 10.2 Å². The Hall–Kier alpha value is -1.83. The van der Waals surface area contributed by atoms with Crippen LogP contribution in [-0.2, 0) is 0 Å². The molecule has 0 aliphatic rings. The van der Waals surface area contributed by atoms with Gasteiger partial charge in [0.2, 0.25) is 0 Å². The van der Waals surface area contributed by atoms with Gasteiger partial charge in [-0.05, 0) is 30.7 Å². The maximum atomic E-state index is 12.3. The molecule has 0 atom stereocenters. The van der Waals surface area contributed by atoms with Crippen LogP contribution in [0.25, 0.3) is 0 Å². The number of benzene rings is 1. The minimum Gasteiger partial charge on any atom is -0.395 e. The van der Waals surface area contributed by atoms with Crippen LogP contribution >= 0.6 is 0 Å².